The molecule has 0 aliphatic rings. The first-order valence-electron chi connectivity index (χ1n) is 4.56. The van der Waals surface area contributed by atoms with Crippen molar-refractivity contribution in [3.05, 3.63) is 34.8 Å². The SMILES string of the molecule is CCc1c(CC(=N)CO)ccc[n+]1[O-]. The summed E-state index contributed by atoms with van der Waals surface area (Å²) in [6.07, 6.45) is 2.44. The van der Waals surface area contributed by atoms with Gasteiger partial charge in [-0.2, -0.15) is 4.73 Å². The van der Waals surface area contributed by atoms with E-state index in [4.69, 9.17) is 10.5 Å². The molecule has 0 aromatic carbocycles. The summed E-state index contributed by atoms with van der Waals surface area (Å²) in [5.41, 5.74) is 1.72. The van der Waals surface area contributed by atoms with Crippen molar-refractivity contribution in [1.82, 2.24) is 0 Å². The molecule has 76 valence electrons. The molecule has 1 rings (SSSR count). The molecule has 4 heteroatoms. The number of rotatable bonds is 4. The highest BCUT2D eigenvalue weighted by atomic mass is 16.5. The van der Waals surface area contributed by atoms with Crippen LogP contribution in [-0.4, -0.2) is 17.4 Å². The Morgan fingerprint density at radius 1 is 1.64 bits per heavy atom. The number of pyridine rings is 1. The van der Waals surface area contributed by atoms with Crippen molar-refractivity contribution in [2.75, 3.05) is 6.61 Å². The molecule has 0 aliphatic carbocycles. The highest BCUT2D eigenvalue weighted by Crippen LogP contribution is 2.05. The number of hydrogen-bond donors (Lipinski definition) is 2. The van der Waals surface area contributed by atoms with E-state index in [1.165, 1.54) is 6.20 Å². The molecule has 1 aromatic heterocycles. The van der Waals surface area contributed by atoms with Crippen molar-refractivity contribution in [1.29, 1.82) is 5.41 Å². The maximum Gasteiger partial charge on any atom is 0.196 e. The Morgan fingerprint density at radius 2 is 2.36 bits per heavy atom. The van der Waals surface area contributed by atoms with E-state index in [0.29, 0.717) is 18.5 Å². The van der Waals surface area contributed by atoms with Crippen LogP contribution in [0, 0.1) is 10.6 Å². The molecule has 0 unspecified atom stereocenters. The second-order valence-corrected chi connectivity index (χ2v) is 3.10. The molecule has 0 amide bonds. The van der Waals surface area contributed by atoms with Gasteiger partial charge in [-0.3, -0.25) is 0 Å². The Balaban J connectivity index is 2.96. The number of aliphatic hydroxyl groups is 1. The van der Waals surface area contributed by atoms with Gasteiger partial charge in [0.2, 0.25) is 0 Å². The summed E-state index contributed by atoms with van der Waals surface area (Å²) in [6, 6.07) is 3.48. The molecular formula is C10H14N2O2. The largest absolute Gasteiger partial charge is 0.618 e. The van der Waals surface area contributed by atoms with Crippen molar-refractivity contribution in [3.8, 4) is 0 Å². The van der Waals surface area contributed by atoms with Crippen LogP contribution in [-0.2, 0) is 12.8 Å². The molecule has 0 spiro atoms. The Kier molecular flexibility index (Phi) is 3.59. The molecule has 1 heterocycles. The van der Waals surface area contributed by atoms with Crippen LogP contribution < -0.4 is 4.73 Å². The van der Waals surface area contributed by atoms with Crippen LogP contribution >= 0.6 is 0 Å². The number of aliphatic hydroxyl groups excluding tert-OH is 1. The second-order valence-electron chi connectivity index (χ2n) is 3.10. The summed E-state index contributed by atoms with van der Waals surface area (Å²) < 4.78 is 0.819. The van der Waals surface area contributed by atoms with Gasteiger partial charge in [-0.05, 0) is 6.07 Å². The van der Waals surface area contributed by atoms with Gasteiger partial charge in [0.25, 0.3) is 0 Å². The molecule has 0 saturated carbocycles. The Bertz CT molecular complexity index is 337. The minimum Gasteiger partial charge on any atom is -0.618 e. The Morgan fingerprint density at radius 3 is 2.93 bits per heavy atom. The van der Waals surface area contributed by atoms with E-state index in [2.05, 4.69) is 0 Å². The predicted molar refractivity (Wildman–Crippen MR) is 53.3 cm³/mol. The molecule has 1 aromatic rings. The van der Waals surface area contributed by atoms with Crippen molar-refractivity contribution in [2.24, 2.45) is 0 Å². The van der Waals surface area contributed by atoms with Crippen molar-refractivity contribution in [2.45, 2.75) is 19.8 Å². The lowest BCUT2D eigenvalue weighted by atomic mass is 10.1. The fraction of sp³-hybridized carbons (Fsp3) is 0.400. The average molecular weight is 194 g/mol. The zero-order valence-electron chi connectivity index (χ0n) is 8.16. The maximum absolute atomic E-state index is 11.3. The van der Waals surface area contributed by atoms with Gasteiger partial charge in [0.1, 0.15) is 0 Å². The smallest absolute Gasteiger partial charge is 0.196 e. The highest BCUT2D eigenvalue weighted by molar-refractivity contribution is 5.84. The third-order valence-electron chi connectivity index (χ3n) is 2.09. The van der Waals surface area contributed by atoms with E-state index in [1.807, 2.05) is 13.0 Å². The summed E-state index contributed by atoms with van der Waals surface area (Å²) in [4.78, 5) is 0. The topological polar surface area (TPSA) is 71.0 Å². The second kappa shape index (κ2) is 4.72. The van der Waals surface area contributed by atoms with Crippen LogP contribution in [0.1, 0.15) is 18.2 Å². The number of hydrogen-bond acceptors (Lipinski definition) is 3. The van der Waals surface area contributed by atoms with Gasteiger partial charge in [-0.1, -0.05) is 6.92 Å². The lowest BCUT2D eigenvalue weighted by molar-refractivity contribution is -0.614. The highest BCUT2D eigenvalue weighted by Gasteiger charge is 2.10. The van der Waals surface area contributed by atoms with E-state index >= 15 is 0 Å². The van der Waals surface area contributed by atoms with Gasteiger partial charge in [0, 0.05) is 30.2 Å². The van der Waals surface area contributed by atoms with Gasteiger partial charge in [-0.25, -0.2) is 0 Å². The predicted octanol–water partition coefficient (Wildman–Crippen LogP) is 0.437. The number of nitrogens with one attached hydrogen (secondary N) is 1. The van der Waals surface area contributed by atoms with Gasteiger partial charge in [0.05, 0.1) is 6.61 Å². The summed E-state index contributed by atoms with van der Waals surface area (Å²) in [5, 5.41) is 27.4. The normalized spacial score (nSPS) is 10.1. The minimum atomic E-state index is -0.253. The van der Waals surface area contributed by atoms with Crippen LogP contribution in [0.2, 0.25) is 0 Å². The van der Waals surface area contributed by atoms with Gasteiger partial charge in [0.15, 0.2) is 11.9 Å². The first kappa shape index (κ1) is 10.7. The molecule has 0 fully saturated rings. The monoisotopic (exact) mass is 194 g/mol. The molecule has 14 heavy (non-hydrogen) atoms. The number of nitrogens with zero attached hydrogens (tertiary/aromatic N) is 1. The van der Waals surface area contributed by atoms with E-state index in [-0.39, 0.29) is 12.3 Å². The third-order valence-corrected chi connectivity index (χ3v) is 2.09. The van der Waals surface area contributed by atoms with E-state index in [1.54, 1.807) is 6.07 Å². The summed E-state index contributed by atoms with van der Waals surface area (Å²) in [5.74, 6) is 0. The first-order valence-corrected chi connectivity index (χ1v) is 4.56. The molecule has 4 nitrogen and oxygen atoms in total. The van der Waals surface area contributed by atoms with Crippen molar-refractivity contribution >= 4 is 5.71 Å². The maximum atomic E-state index is 11.3. The molecule has 2 N–H and O–H groups in total. The van der Waals surface area contributed by atoms with E-state index in [0.717, 1.165) is 10.3 Å². The van der Waals surface area contributed by atoms with Crippen LogP contribution in [0.5, 0.6) is 0 Å². The molecular weight excluding hydrogens is 180 g/mol. The average Bonchev–Trinajstić information content (AvgIpc) is 2.18. The zero-order valence-corrected chi connectivity index (χ0v) is 8.16. The van der Waals surface area contributed by atoms with Crippen LogP contribution in [0.3, 0.4) is 0 Å². The Hall–Kier alpha value is -1.42. The van der Waals surface area contributed by atoms with Gasteiger partial charge in [-0.15, -0.1) is 0 Å². The van der Waals surface area contributed by atoms with Gasteiger partial charge >= 0.3 is 0 Å². The van der Waals surface area contributed by atoms with Crippen LogP contribution in [0.4, 0.5) is 0 Å². The van der Waals surface area contributed by atoms with Crippen molar-refractivity contribution < 1.29 is 9.84 Å². The van der Waals surface area contributed by atoms with Gasteiger partial charge < -0.3 is 15.7 Å². The minimum absolute atomic E-state index is 0.228. The van der Waals surface area contributed by atoms with E-state index in [9.17, 15) is 5.21 Å². The number of aromatic nitrogens is 1. The summed E-state index contributed by atoms with van der Waals surface area (Å²) >= 11 is 0. The lowest BCUT2D eigenvalue weighted by Crippen LogP contribution is -2.32. The lowest BCUT2D eigenvalue weighted by Gasteiger charge is -2.07. The molecule has 0 aliphatic heterocycles. The fourth-order valence-corrected chi connectivity index (χ4v) is 1.39. The standard InChI is InChI=1S/C10H14N2O2/c1-2-10-8(6-9(11)7-13)4-3-5-12(10)14/h3-5,11,13H,2,6-7H2,1H3. The quantitative estimate of drug-likeness (QED) is 0.414. The molecule has 0 bridgehead atoms. The molecule has 0 saturated heterocycles. The first-order chi connectivity index (χ1) is 6.69. The summed E-state index contributed by atoms with van der Waals surface area (Å²) in [6.45, 7) is 1.65. The Labute approximate surface area is 82.9 Å². The summed E-state index contributed by atoms with van der Waals surface area (Å²) in [7, 11) is 0. The zero-order chi connectivity index (χ0) is 10.6. The fourth-order valence-electron chi connectivity index (χ4n) is 1.39. The third kappa shape index (κ3) is 2.29. The molecule has 0 radical (unpaired) electrons. The van der Waals surface area contributed by atoms with Crippen LogP contribution in [0.15, 0.2) is 18.3 Å². The van der Waals surface area contributed by atoms with Crippen molar-refractivity contribution in [3.63, 3.8) is 0 Å². The van der Waals surface area contributed by atoms with E-state index < -0.39 is 0 Å². The molecule has 0 atom stereocenters. The van der Waals surface area contributed by atoms with Crippen LogP contribution in [0.25, 0.3) is 0 Å².